The quantitative estimate of drug-likeness (QED) is 0.559. The molecular formula is C19H18N2O3. The Labute approximate surface area is 139 Å². The number of nitrogens with two attached hydrogens (primary N) is 1. The van der Waals surface area contributed by atoms with Crippen molar-refractivity contribution < 1.29 is 14.7 Å². The van der Waals surface area contributed by atoms with Gasteiger partial charge in [-0.2, -0.15) is 0 Å². The second-order valence-corrected chi connectivity index (χ2v) is 5.62. The Balaban J connectivity index is 2.31. The van der Waals surface area contributed by atoms with Crippen molar-refractivity contribution in [3.63, 3.8) is 0 Å². The number of ketones is 1. The lowest BCUT2D eigenvalue weighted by Gasteiger charge is -2.06. The summed E-state index contributed by atoms with van der Waals surface area (Å²) >= 11 is 0. The topological polar surface area (TPSA) is 84.8 Å². The number of carbonyl (C=O) groups is 2. The molecule has 0 fully saturated rings. The Kier molecular flexibility index (Phi) is 4.08. The van der Waals surface area contributed by atoms with E-state index in [1.807, 2.05) is 37.3 Å². The molecule has 24 heavy (non-hydrogen) atoms. The SMILES string of the molecule is CCc1c(C(=O)C(N)=O)c2c(O)cccn2c1Cc1ccccc1. The number of aromatic nitrogens is 1. The molecule has 0 aliphatic carbocycles. The minimum Gasteiger partial charge on any atom is -0.506 e. The lowest BCUT2D eigenvalue weighted by molar-refractivity contribution is -0.114. The fraction of sp³-hybridized carbons (Fsp3) is 0.158. The molecule has 5 heteroatoms. The van der Waals surface area contributed by atoms with Crippen molar-refractivity contribution in [1.29, 1.82) is 0 Å². The highest BCUT2D eigenvalue weighted by Gasteiger charge is 2.26. The number of amides is 1. The number of pyridine rings is 1. The van der Waals surface area contributed by atoms with Gasteiger partial charge in [-0.3, -0.25) is 9.59 Å². The second-order valence-electron chi connectivity index (χ2n) is 5.62. The largest absolute Gasteiger partial charge is 0.506 e. The van der Waals surface area contributed by atoms with Crippen LogP contribution < -0.4 is 5.73 Å². The van der Waals surface area contributed by atoms with Crippen molar-refractivity contribution in [2.75, 3.05) is 0 Å². The maximum Gasteiger partial charge on any atom is 0.289 e. The Morgan fingerprint density at radius 3 is 2.46 bits per heavy atom. The van der Waals surface area contributed by atoms with Gasteiger partial charge in [-0.05, 0) is 29.7 Å². The third-order valence-corrected chi connectivity index (χ3v) is 4.17. The van der Waals surface area contributed by atoms with Crippen molar-refractivity contribution in [2.24, 2.45) is 5.73 Å². The molecule has 0 bridgehead atoms. The van der Waals surface area contributed by atoms with Crippen molar-refractivity contribution in [2.45, 2.75) is 19.8 Å². The van der Waals surface area contributed by atoms with Crippen LogP contribution in [0, 0.1) is 0 Å². The smallest absolute Gasteiger partial charge is 0.289 e. The van der Waals surface area contributed by atoms with E-state index in [1.165, 1.54) is 6.07 Å². The van der Waals surface area contributed by atoms with Crippen LogP contribution in [0.2, 0.25) is 0 Å². The molecule has 3 rings (SSSR count). The van der Waals surface area contributed by atoms with Gasteiger partial charge in [0.15, 0.2) is 0 Å². The van der Waals surface area contributed by atoms with Gasteiger partial charge in [0.2, 0.25) is 0 Å². The first-order valence-corrected chi connectivity index (χ1v) is 7.76. The molecule has 0 saturated heterocycles. The molecule has 0 saturated carbocycles. The summed E-state index contributed by atoms with van der Waals surface area (Å²) in [5, 5.41) is 10.3. The van der Waals surface area contributed by atoms with Crippen LogP contribution in [0.5, 0.6) is 5.75 Å². The standard InChI is InChI=1S/C19H18N2O3/c1-2-13-14(11-12-7-4-3-5-8-12)21-10-6-9-15(22)17(21)16(13)18(23)19(20)24/h3-10,22H,2,11H2,1H3,(H2,20,24). The zero-order chi connectivity index (χ0) is 17.3. The van der Waals surface area contributed by atoms with Crippen LogP contribution in [0.4, 0.5) is 0 Å². The first-order valence-electron chi connectivity index (χ1n) is 7.76. The van der Waals surface area contributed by atoms with E-state index in [0.29, 0.717) is 18.4 Å². The summed E-state index contributed by atoms with van der Waals surface area (Å²) in [5.41, 5.74) is 8.45. The third kappa shape index (κ3) is 2.54. The minimum absolute atomic E-state index is 0.0453. The van der Waals surface area contributed by atoms with Crippen LogP contribution in [-0.2, 0) is 17.6 Å². The number of rotatable bonds is 5. The first-order chi connectivity index (χ1) is 11.5. The van der Waals surface area contributed by atoms with Crippen molar-refractivity contribution in [3.8, 4) is 5.75 Å². The molecule has 0 aliphatic rings. The predicted octanol–water partition coefficient (Wildman–Crippen LogP) is 2.47. The molecule has 0 spiro atoms. The lowest BCUT2D eigenvalue weighted by atomic mass is 9.99. The number of hydrogen-bond donors (Lipinski definition) is 2. The molecule has 0 radical (unpaired) electrons. The van der Waals surface area contributed by atoms with Gasteiger partial charge in [0.25, 0.3) is 11.7 Å². The van der Waals surface area contributed by atoms with E-state index in [2.05, 4.69) is 0 Å². The van der Waals surface area contributed by atoms with E-state index in [0.717, 1.165) is 16.8 Å². The highest BCUT2D eigenvalue weighted by atomic mass is 16.3. The Morgan fingerprint density at radius 1 is 1.12 bits per heavy atom. The number of aromatic hydroxyl groups is 1. The number of primary amides is 1. The van der Waals surface area contributed by atoms with Gasteiger partial charge in [0, 0.05) is 18.3 Å². The van der Waals surface area contributed by atoms with Crippen LogP contribution in [0.3, 0.4) is 0 Å². The average Bonchev–Trinajstić information content (AvgIpc) is 2.90. The van der Waals surface area contributed by atoms with Gasteiger partial charge >= 0.3 is 0 Å². The molecule has 2 aromatic heterocycles. The van der Waals surface area contributed by atoms with Gasteiger partial charge in [0.1, 0.15) is 5.75 Å². The molecule has 2 heterocycles. The number of fused-ring (bicyclic) bond motifs is 1. The van der Waals surface area contributed by atoms with Crippen LogP contribution in [-0.4, -0.2) is 21.2 Å². The summed E-state index contributed by atoms with van der Waals surface area (Å²) in [7, 11) is 0. The summed E-state index contributed by atoms with van der Waals surface area (Å²) in [6.07, 6.45) is 2.92. The second kappa shape index (κ2) is 6.20. The van der Waals surface area contributed by atoms with Crippen molar-refractivity contribution in [1.82, 2.24) is 4.40 Å². The molecule has 1 amide bonds. The Morgan fingerprint density at radius 2 is 1.83 bits per heavy atom. The molecule has 122 valence electrons. The average molecular weight is 322 g/mol. The Bertz CT molecular complexity index is 927. The number of hydrogen-bond acceptors (Lipinski definition) is 3. The summed E-state index contributed by atoms with van der Waals surface area (Å²) in [5.74, 6) is -1.84. The van der Waals surface area contributed by atoms with E-state index in [1.54, 1.807) is 16.7 Å². The molecule has 0 atom stereocenters. The van der Waals surface area contributed by atoms with Gasteiger partial charge in [0.05, 0.1) is 11.1 Å². The van der Waals surface area contributed by atoms with Gasteiger partial charge in [-0.15, -0.1) is 0 Å². The molecule has 3 aromatic rings. The van der Waals surface area contributed by atoms with E-state index in [4.69, 9.17) is 5.73 Å². The molecule has 5 nitrogen and oxygen atoms in total. The normalized spacial score (nSPS) is 10.9. The monoisotopic (exact) mass is 322 g/mol. The van der Waals surface area contributed by atoms with Gasteiger partial charge < -0.3 is 15.2 Å². The maximum atomic E-state index is 12.4. The van der Waals surface area contributed by atoms with Gasteiger partial charge in [-0.1, -0.05) is 37.3 Å². The first kappa shape index (κ1) is 15.8. The fourth-order valence-electron chi connectivity index (χ4n) is 3.13. The zero-order valence-electron chi connectivity index (χ0n) is 13.3. The van der Waals surface area contributed by atoms with E-state index in [9.17, 15) is 14.7 Å². The molecule has 0 aliphatic heterocycles. The third-order valence-electron chi connectivity index (χ3n) is 4.17. The number of nitrogens with zero attached hydrogens (tertiary/aromatic N) is 1. The van der Waals surface area contributed by atoms with Crippen LogP contribution in [0.15, 0.2) is 48.7 Å². The number of Topliss-reactive ketones (excluding diaryl/α,β-unsaturated/α-hetero) is 1. The summed E-state index contributed by atoms with van der Waals surface area (Å²) < 4.78 is 1.78. The summed E-state index contributed by atoms with van der Waals surface area (Å²) in [4.78, 5) is 23.8. The summed E-state index contributed by atoms with van der Waals surface area (Å²) in [6, 6.07) is 13.0. The molecule has 3 N–H and O–H groups in total. The predicted molar refractivity (Wildman–Crippen MR) is 91.2 cm³/mol. The van der Waals surface area contributed by atoms with Crippen LogP contribution >= 0.6 is 0 Å². The lowest BCUT2D eigenvalue weighted by Crippen LogP contribution is -2.24. The molecule has 1 aromatic carbocycles. The van der Waals surface area contributed by atoms with E-state index in [-0.39, 0.29) is 11.3 Å². The Hall–Kier alpha value is -3.08. The van der Waals surface area contributed by atoms with Crippen LogP contribution in [0.25, 0.3) is 5.52 Å². The summed E-state index contributed by atoms with van der Waals surface area (Å²) in [6.45, 7) is 1.91. The highest BCUT2D eigenvalue weighted by molar-refractivity contribution is 6.44. The zero-order valence-corrected chi connectivity index (χ0v) is 13.3. The van der Waals surface area contributed by atoms with Gasteiger partial charge in [-0.25, -0.2) is 0 Å². The highest BCUT2D eigenvalue weighted by Crippen LogP contribution is 2.32. The van der Waals surface area contributed by atoms with Crippen LogP contribution in [0.1, 0.15) is 34.1 Å². The number of carbonyl (C=O) groups excluding carboxylic acids is 2. The van der Waals surface area contributed by atoms with E-state index >= 15 is 0 Å². The van der Waals surface area contributed by atoms with Crippen molar-refractivity contribution >= 4 is 17.2 Å². The van der Waals surface area contributed by atoms with Crippen molar-refractivity contribution in [3.05, 3.63) is 71.0 Å². The molecule has 0 unspecified atom stereocenters. The molecular weight excluding hydrogens is 304 g/mol. The fourth-order valence-corrected chi connectivity index (χ4v) is 3.13. The minimum atomic E-state index is -1.02. The maximum absolute atomic E-state index is 12.4. The van der Waals surface area contributed by atoms with E-state index < -0.39 is 11.7 Å². The number of benzene rings is 1.